The predicted octanol–water partition coefficient (Wildman–Crippen LogP) is 4.84. The van der Waals surface area contributed by atoms with Gasteiger partial charge in [-0.2, -0.15) is 5.26 Å². The van der Waals surface area contributed by atoms with Crippen molar-refractivity contribution in [1.29, 1.82) is 5.26 Å². The molecule has 0 amide bonds. The van der Waals surface area contributed by atoms with Crippen molar-refractivity contribution in [1.82, 2.24) is 4.90 Å². The molecule has 3 aromatic carbocycles. The van der Waals surface area contributed by atoms with Gasteiger partial charge in [-0.25, -0.2) is 0 Å². The summed E-state index contributed by atoms with van der Waals surface area (Å²) in [6.07, 6.45) is 6.36. The molecule has 0 saturated carbocycles. The predicted molar refractivity (Wildman–Crippen MR) is 95.4 cm³/mol. The summed E-state index contributed by atoms with van der Waals surface area (Å²) in [5.41, 5.74) is 2.33. The average molecular weight is 298 g/mol. The zero-order chi connectivity index (χ0) is 15.9. The van der Waals surface area contributed by atoms with Crippen molar-refractivity contribution in [2.24, 2.45) is 0 Å². The first-order valence-corrected chi connectivity index (χ1v) is 7.70. The molecule has 0 aliphatic rings. The Morgan fingerprint density at radius 2 is 1.61 bits per heavy atom. The fourth-order valence-corrected chi connectivity index (χ4v) is 2.66. The lowest BCUT2D eigenvalue weighted by Crippen LogP contribution is -2.17. The quantitative estimate of drug-likeness (QED) is 0.498. The minimum absolute atomic E-state index is 0.606. The number of fused-ring (bicyclic) bond motifs is 1. The fourth-order valence-electron chi connectivity index (χ4n) is 2.66. The molecule has 2 nitrogen and oxygen atoms in total. The zero-order valence-corrected chi connectivity index (χ0v) is 12.9. The summed E-state index contributed by atoms with van der Waals surface area (Å²) in [7, 11) is 0. The summed E-state index contributed by atoms with van der Waals surface area (Å²) in [5, 5.41) is 11.8. The van der Waals surface area contributed by atoms with Gasteiger partial charge in [0.25, 0.3) is 0 Å². The van der Waals surface area contributed by atoms with E-state index in [0.717, 1.165) is 5.56 Å². The number of rotatable bonds is 5. The van der Waals surface area contributed by atoms with Crippen LogP contribution < -0.4 is 0 Å². The number of nitrogens with zero attached hydrogens (tertiary/aromatic N) is 2. The van der Waals surface area contributed by atoms with E-state index in [4.69, 9.17) is 0 Å². The Morgan fingerprint density at radius 1 is 0.870 bits per heavy atom. The highest BCUT2D eigenvalue weighted by atomic mass is 15.1. The van der Waals surface area contributed by atoms with Gasteiger partial charge in [0.1, 0.15) is 0 Å². The Balaban J connectivity index is 1.72. The van der Waals surface area contributed by atoms with Gasteiger partial charge in [-0.05, 0) is 21.9 Å². The molecule has 23 heavy (non-hydrogen) atoms. The van der Waals surface area contributed by atoms with Gasteiger partial charge in [-0.15, -0.1) is 0 Å². The molecular formula is C21H18N2. The molecule has 3 rings (SSSR count). The van der Waals surface area contributed by atoms with Crippen molar-refractivity contribution in [3.8, 4) is 6.19 Å². The van der Waals surface area contributed by atoms with Crippen LogP contribution in [0.3, 0.4) is 0 Å². The molecule has 0 aromatic heterocycles. The molecule has 0 aliphatic heterocycles. The lowest BCUT2D eigenvalue weighted by molar-refractivity contribution is 0.429. The summed E-state index contributed by atoms with van der Waals surface area (Å²) in [6, 6.07) is 24.7. The molecule has 0 unspecified atom stereocenters. The standard InChI is InChI=1S/C21H18N2/c22-17-23(15-7-10-18-8-2-1-3-9-18)16-20-13-6-12-19-11-4-5-14-21(19)20/h1-14H,15-16H2/b10-7+. The van der Waals surface area contributed by atoms with E-state index in [2.05, 4.69) is 42.6 Å². The Kier molecular flexibility index (Phi) is 4.71. The highest BCUT2D eigenvalue weighted by molar-refractivity contribution is 5.85. The maximum atomic E-state index is 9.40. The van der Waals surface area contributed by atoms with Crippen LogP contribution in [0.5, 0.6) is 0 Å². The van der Waals surface area contributed by atoms with Crippen LogP contribution in [0, 0.1) is 11.5 Å². The Bertz CT molecular complexity index is 839. The first-order chi connectivity index (χ1) is 11.4. The van der Waals surface area contributed by atoms with Crippen LogP contribution in [0.4, 0.5) is 0 Å². The molecule has 2 heteroatoms. The molecule has 0 saturated heterocycles. The first-order valence-electron chi connectivity index (χ1n) is 7.70. The van der Waals surface area contributed by atoms with E-state index in [-0.39, 0.29) is 0 Å². The fraction of sp³-hybridized carbons (Fsp3) is 0.0952. The van der Waals surface area contributed by atoms with Gasteiger partial charge in [0.15, 0.2) is 6.19 Å². The number of nitriles is 1. The van der Waals surface area contributed by atoms with Crippen LogP contribution in [0.15, 0.2) is 78.9 Å². The van der Waals surface area contributed by atoms with Crippen LogP contribution >= 0.6 is 0 Å². The summed E-state index contributed by atoms with van der Waals surface area (Å²) < 4.78 is 0. The largest absolute Gasteiger partial charge is 0.302 e. The van der Waals surface area contributed by atoms with Crippen LogP contribution in [0.1, 0.15) is 11.1 Å². The maximum absolute atomic E-state index is 9.40. The second kappa shape index (κ2) is 7.29. The highest BCUT2D eigenvalue weighted by Crippen LogP contribution is 2.19. The summed E-state index contributed by atoms with van der Waals surface area (Å²) in [6.45, 7) is 1.23. The minimum atomic E-state index is 0.606. The normalized spacial score (nSPS) is 10.7. The molecule has 0 fully saturated rings. The molecule has 0 spiro atoms. The SMILES string of the molecule is N#CN(C/C=C/c1ccccc1)Cc1cccc2ccccc12. The molecule has 0 heterocycles. The molecule has 0 atom stereocenters. The van der Waals surface area contributed by atoms with Gasteiger partial charge in [-0.1, -0.05) is 84.9 Å². The van der Waals surface area contributed by atoms with E-state index < -0.39 is 0 Å². The molecule has 112 valence electrons. The van der Waals surface area contributed by atoms with Gasteiger partial charge in [0, 0.05) is 6.54 Å². The molecule has 0 radical (unpaired) electrons. The minimum Gasteiger partial charge on any atom is -0.302 e. The molecule has 0 bridgehead atoms. The third-order valence-corrected chi connectivity index (χ3v) is 3.82. The number of hydrogen-bond acceptors (Lipinski definition) is 2. The van der Waals surface area contributed by atoms with Crippen molar-refractivity contribution < 1.29 is 0 Å². The van der Waals surface area contributed by atoms with Crippen molar-refractivity contribution in [2.75, 3.05) is 6.54 Å². The Morgan fingerprint density at radius 3 is 2.43 bits per heavy atom. The Hall–Kier alpha value is -3.05. The van der Waals surface area contributed by atoms with E-state index >= 15 is 0 Å². The second-order valence-corrected chi connectivity index (χ2v) is 5.43. The van der Waals surface area contributed by atoms with Gasteiger partial charge < -0.3 is 4.90 Å². The van der Waals surface area contributed by atoms with Gasteiger partial charge in [0.2, 0.25) is 0 Å². The summed E-state index contributed by atoms with van der Waals surface area (Å²) in [5.74, 6) is 0. The Labute approximate surface area is 136 Å². The van der Waals surface area contributed by atoms with Crippen LogP contribution in [0.2, 0.25) is 0 Å². The van der Waals surface area contributed by atoms with Crippen molar-refractivity contribution in [3.05, 3.63) is 90.0 Å². The van der Waals surface area contributed by atoms with Crippen LogP contribution in [-0.4, -0.2) is 11.4 Å². The zero-order valence-electron chi connectivity index (χ0n) is 12.9. The van der Waals surface area contributed by atoms with E-state index in [9.17, 15) is 5.26 Å². The lowest BCUT2D eigenvalue weighted by atomic mass is 10.0. The van der Waals surface area contributed by atoms with Crippen molar-refractivity contribution in [2.45, 2.75) is 6.54 Å². The molecule has 0 N–H and O–H groups in total. The average Bonchev–Trinajstić information content (AvgIpc) is 2.62. The third kappa shape index (κ3) is 3.78. The van der Waals surface area contributed by atoms with Crippen LogP contribution in [-0.2, 0) is 6.54 Å². The molecular weight excluding hydrogens is 280 g/mol. The third-order valence-electron chi connectivity index (χ3n) is 3.82. The molecule has 0 aliphatic carbocycles. The van der Waals surface area contributed by atoms with Crippen molar-refractivity contribution >= 4 is 16.8 Å². The van der Waals surface area contributed by atoms with Crippen LogP contribution in [0.25, 0.3) is 16.8 Å². The number of hydrogen-bond donors (Lipinski definition) is 0. The second-order valence-electron chi connectivity index (χ2n) is 5.43. The highest BCUT2D eigenvalue weighted by Gasteiger charge is 2.05. The van der Waals surface area contributed by atoms with E-state index in [1.54, 1.807) is 4.90 Å². The number of benzene rings is 3. The summed E-state index contributed by atoms with van der Waals surface area (Å²) in [4.78, 5) is 1.77. The monoisotopic (exact) mass is 298 g/mol. The smallest absolute Gasteiger partial charge is 0.179 e. The molecule has 3 aromatic rings. The van der Waals surface area contributed by atoms with Gasteiger partial charge in [-0.3, -0.25) is 0 Å². The van der Waals surface area contributed by atoms with E-state index in [1.165, 1.54) is 16.3 Å². The van der Waals surface area contributed by atoms with Gasteiger partial charge >= 0.3 is 0 Å². The van der Waals surface area contributed by atoms with E-state index in [1.807, 2.05) is 48.6 Å². The van der Waals surface area contributed by atoms with Gasteiger partial charge in [0.05, 0.1) is 6.54 Å². The first kappa shape index (κ1) is 14.9. The van der Waals surface area contributed by atoms with E-state index in [0.29, 0.717) is 13.1 Å². The maximum Gasteiger partial charge on any atom is 0.179 e. The van der Waals surface area contributed by atoms with Crippen molar-refractivity contribution in [3.63, 3.8) is 0 Å². The summed E-state index contributed by atoms with van der Waals surface area (Å²) >= 11 is 0. The topological polar surface area (TPSA) is 27.0 Å². The lowest BCUT2D eigenvalue weighted by Gasteiger charge is -2.15.